The zero-order chi connectivity index (χ0) is 7.56. The lowest BCUT2D eigenvalue weighted by atomic mass is 10.3. The number of aryl methyl sites for hydroxylation is 1. The van der Waals surface area contributed by atoms with Gasteiger partial charge in [-0.2, -0.15) is 0 Å². The second-order valence-electron chi connectivity index (χ2n) is 2.03. The number of aliphatic hydroxyl groups excluding tert-OH is 1. The van der Waals surface area contributed by atoms with Crippen molar-refractivity contribution in [2.45, 2.75) is 6.10 Å². The van der Waals surface area contributed by atoms with Crippen molar-refractivity contribution in [3.05, 3.63) is 11.9 Å². The van der Waals surface area contributed by atoms with Crippen LogP contribution < -0.4 is 5.73 Å². The Hall–Kier alpha value is -0.940. The van der Waals surface area contributed by atoms with E-state index in [0.717, 1.165) is 0 Å². The summed E-state index contributed by atoms with van der Waals surface area (Å²) in [5.41, 5.74) is 5.85. The van der Waals surface area contributed by atoms with Crippen LogP contribution in [0.2, 0.25) is 0 Å². The molecule has 5 nitrogen and oxygen atoms in total. The highest BCUT2D eigenvalue weighted by molar-refractivity contribution is 4.98. The molecule has 0 radical (unpaired) electrons. The molecule has 0 amide bonds. The first-order valence-electron chi connectivity index (χ1n) is 2.98. The third-order valence-corrected chi connectivity index (χ3v) is 1.31. The Morgan fingerprint density at radius 1 is 1.90 bits per heavy atom. The van der Waals surface area contributed by atoms with E-state index >= 15 is 0 Å². The van der Waals surface area contributed by atoms with E-state index in [1.807, 2.05) is 0 Å². The minimum absolute atomic E-state index is 0.196. The third-order valence-electron chi connectivity index (χ3n) is 1.31. The van der Waals surface area contributed by atoms with Crippen LogP contribution in [0.1, 0.15) is 11.8 Å². The molecule has 1 heterocycles. The zero-order valence-electron chi connectivity index (χ0n) is 5.73. The van der Waals surface area contributed by atoms with Gasteiger partial charge >= 0.3 is 0 Å². The van der Waals surface area contributed by atoms with Crippen LogP contribution in [0.15, 0.2) is 6.20 Å². The van der Waals surface area contributed by atoms with Gasteiger partial charge in [0.25, 0.3) is 0 Å². The lowest BCUT2D eigenvalue weighted by Gasteiger charge is -2.04. The van der Waals surface area contributed by atoms with E-state index in [4.69, 9.17) is 5.73 Å². The van der Waals surface area contributed by atoms with Crippen LogP contribution >= 0.6 is 0 Å². The van der Waals surface area contributed by atoms with Gasteiger partial charge in [0, 0.05) is 13.6 Å². The first-order chi connectivity index (χ1) is 4.75. The molecule has 0 saturated carbocycles. The normalized spacial score (nSPS) is 13.5. The first kappa shape index (κ1) is 7.17. The van der Waals surface area contributed by atoms with E-state index in [2.05, 4.69) is 10.3 Å². The van der Waals surface area contributed by atoms with Crippen LogP contribution in [0.5, 0.6) is 0 Å². The monoisotopic (exact) mass is 142 g/mol. The fourth-order valence-corrected chi connectivity index (χ4v) is 0.720. The molecular formula is C5H10N4O. The molecule has 0 aliphatic heterocycles. The summed E-state index contributed by atoms with van der Waals surface area (Å²) in [5.74, 6) is 0. The SMILES string of the molecule is Cn1nncc1C(O)CN. The average Bonchev–Trinajstić information content (AvgIpc) is 2.34. The van der Waals surface area contributed by atoms with Crippen molar-refractivity contribution in [3.8, 4) is 0 Å². The van der Waals surface area contributed by atoms with Gasteiger partial charge in [-0.1, -0.05) is 5.21 Å². The van der Waals surface area contributed by atoms with Gasteiger partial charge in [-0.05, 0) is 0 Å². The van der Waals surface area contributed by atoms with E-state index in [0.29, 0.717) is 5.69 Å². The van der Waals surface area contributed by atoms with E-state index in [1.54, 1.807) is 7.05 Å². The van der Waals surface area contributed by atoms with Crippen LogP contribution in [0.25, 0.3) is 0 Å². The molecule has 0 aromatic carbocycles. The van der Waals surface area contributed by atoms with Crippen molar-refractivity contribution in [3.63, 3.8) is 0 Å². The molecule has 1 aromatic rings. The number of aliphatic hydroxyl groups is 1. The van der Waals surface area contributed by atoms with Crippen LogP contribution in [-0.4, -0.2) is 26.6 Å². The molecule has 0 aliphatic rings. The summed E-state index contributed by atoms with van der Waals surface area (Å²) >= 11 is 0. The summed E-state index contributed by atoms with van der Waals surface area (Å²) in [6.07, 6.45) is 0.845. The van der Waals surface area contributed by atoms with Gasteiger partial charge in [-0.25, -0.2) is 4.68 Å². The maximum atomic E-state index is 9.17. The fourth-order valence-electron chi connectivity index (χ4n) is 0.720. The number of rotatable bonds is 2. The van der Waals surface area contributed by atoms with E-state index in [1.165, 1.54) is 10.9 Å². The third kappa shape index (κ3) is 1.14. The summed E-state index contributed by atoms with van der Waals surface area (Å²) < 4.78 is 1.50. The van der Waals surface area contributed by atoms with Crippen molar-refractivity contribution < 1.29 is 5.11 Å². The lowest BCUT2D eigenvalue weighted by Crippen LogP contribution is -2.14. The van der Waals surface area contributed by atoms with Gasteiger partial charge in [-0.3, -0.25) is 0 Å². The smallest absolute Gasteiger partial charge is 0.109 e. The van der Waals surface area contributed by atoms with Crippen molar-refractivity contribution in [2.24, 2.45) is 12.8 Å². The van der Waals surface area contributed by atoms with E-state index < -0.39 is 6.10 Å². The topological polar surface area (TPSA) is 77.0 Å². The highest BCUT2D eigenvalue weighted by Crippen LogP contribution is 2.06. The Balaban J connectivity index is 2.82. The maximum Gasteiger partial charge on any atom is 0.109 e. The summed E-state index contributed by atoms with van der Waals surface area (Å²) in [6.45, 7) is 0.196. The van der Waals surface area contributed by atoms with Crippen LogP contribution in [0.4, 0.5) is 0 Å². The summed E-state index contributed by atoms with van der Waals surface area (Å²) in [7, 11) is 1.71. The Morgan fingerprint density at radius 2 is 2.60 bits per heavy atom. The highest BCUT2D eigenvalue weighted by Gasteiger charge is 2.08. The average molecular weight is 142 g/mol. The van der Waals surface area contributed by atoms with Crippen LogP contribution in [-0.2, 0) is 7.05 Å². The van der Waals surface area contributed by atoms with Gasteiger partial charge in [-0.15, -0.1) is 5.10 Å². The molecule has 3 N–H and O–H groups in total. The van der Waals surface area contributed by atoms with Crippen LogP contribution in [0, 0.1) is 0 Å². The Morgan fingerprint density at radius 3 is 3.00 bits per heavy atom. The molecule has 0 saturated heterocycles. The summed E-state index contributed by atoms with van der Waals surface area (Å²) in [4.78, 5) is 0. The van der Waals surface area contributed by atoms with Gasteiger partial charge in [0.05, 0.1) is 11.9 Å². The molecule has 10 heavy (non-hydrogen) atoms. The molecule has 0 aliphatic carbocycles. The molecular weight excluding hydrogens is 132 g/mol. The quantitative estimate of drug-likeness (QED) is 0.544. The van der Waals surface area contributed by atoms with Crippen LogP contribution in [0.3, 0.4) is 0 Å². The minimum Gasteiger partial charge on any atom is -0.385 e. The number of hydrogen-bond donors (Lipinski definition) is 2. The molecule has 1 aromatic heterocycles. The van der Waals surface area contributed by atoms with E-state index in [9.17, 15) is 5.11 Å². The van der Waals surface area contributed by atoms with Crippen molar-refractivity contribution in [1.82, 2.24) is 15.0 Å². The first-order valence-corrected chi connectivity index (χ1v) is 2.98. The molecule has 5 heteroatoms. The van der Waals surface area contributed by atoms with Crippen molar-refractivity contribution in [1.29, 1.82) is 0 Å². The lowest BCUT2D eigenvalue weighted by molar-refractivity contribution is 0.177. The number of nitrogens with zero attached hydrogens (tertiary/aromatic N) is 3. The Labute approximate surface area is 58.5 Å². The molecule has 0 bridgehead atoms. The number of nitrogens with two attached hydrogens (primary N) is 1. The molecule has 0 fully saturated rings. The van der Waals surface area contributed by atoms with Gasteiger partial charge < -0.3 is 10.8 Å². The predicted octanol–water partition coefficient (Wildman–Crippen LogP) is -1.19. The summed E-state index contributed by atoms with van der Waals surface area (Å²) in [5, 5.41) is 16.4. The zero-order valence-corrected chi connectivity index (χ0v) is 5.73. The summed E-state index contributed by atoms with van der Waals surface area (Å²) in [6, 6.07) is 0. The standard InChI is InChI=1S/C5H10N4O/c1-9-4(3-7-8-9)5(10)2-6/h3,5,10H,2,6H2,1H3. The predicted molar refractivity (Wildman–Crippen MR) is 35.0 cm³/mol. The second-order valence-corrected chi connectivity index (χ2v) is 2.03. The van der Waals surface area contributed by atoms with Crippen molar-refractivity contribution >= 4 is 0 Å². The largest absolute Gasteiger partial charge is 0.385 e. The molecule has 1 unspecified atom stereocenters. The fraction of sp³-hybridized carbons (Fsp3) is 0.600. The molecule has 0 spiro atoms. The molecule has 56 valence electrons. The van der Waals surface area contributed by atoms with Gasteiger partial charge in [0.1, 0.15) is 6.10 Å². The van der Waals surface area contributed by atoms with Gasteiger partial charge in [0.15, 0.2) is 0 Å². The minimum atomic E-state index is -0.653. The Bertz CT molecular complexity index is 209. The molecule has 1 atom stereocenters. The Kier molecular flexibility index (Phi) is 1.98. The van der Waals surface area contributed by atoms with Gasteiger partial charge in [0.2, 0.25) is 0 Å². The number of aromatic nitrogens is 3. The molecule has 1 rings (SSSR count). The van der Waals surface area contributed by atoms with Crippen molar-refractivity contribution in [2.75, 3.05) is 6.54 Å². The maximum absolute atomic E-state index is 9.17. The highest BCUT2D eigenvalue weighted by atomic mass is 16.3. The van der Waals surface area contributed by atoms with E-state index in [-0.39, 0.29) is 6.54 Å². The second kappa shape index (κ2) is 2.76. The number of hydrogen-bond acceptors (Lipinski definition) is 4.